The standard InChI is InChI=1S/C12H15ClFNO/c13-11-3-2-9(14)8-10(11)12(15)4-1-6-16-7-5-12/h2-3,8H,1,4-7,15H2. The van der Waals surface area contributed by atoms with Gasteiger partial charge in [-0.3, -0.25) is 0 Å². The molecule has 0 aromatic heterocycles. The van der Waals surface area contributed by atoms with Crippen LogP contribution in [-0.4, -0.2) is 13.2 Å². The average molecular weight is 244 g/mol. The Labute approximate surface area is 99.5 Å². The lowest BCUT2D eigenvalue weighted by atomic mass is 9.84. The molecule has 1 aliphatic heterocycles. The van der Waals surface area contributed by atoms with Crippen molar-refractivity contribution in [1.29, 1.82) is 0 Å². The Morgan fingerprint density at radius 2 is 2.12 bits per heavy atom. The van der Waals surface area contributed by atoms with E-state index in [4.69, 9.17) is 22.1 Å². The lowest BCUT2D eigenvalue weighted by molar-refractivity contribution is 0.139. The molecule has 88 valence electrons. The van der Waals surface area contributed by atoms with Gasteiger partial charge in [-0.15, -0.1) is 0 Å². The summed E-state index contributed by atoms with van der Waals surface area (Å²) in [5, 5.41) is 0.533. The molecule has 1 aliphatic rings. The van der Waals surface area contributed by atoms with Crippen molar-refractivity contribution in [2.24, 2.45) is 5.73 Å². The fourth-order valence-electron chi connectivity index (χ4n) is 2.12. The van der Waals surface area contributed by atoms with Crippen molar-refractivity contribution in [1.82, 2.24) is 0 Å². The van der Waals surface area contributed by atoms with Gasteiger partial charge in [0, 0.05) is 23.8 Å². The molecule has 0 amide bonds. The van der Waals surface area contributed by atoms with E-state index >= 15 is 0 Å². The summed E-state index contributed by atoms with van der Waals surface area (Å²) in [6.07, 6.45) is 2.33. The van der Waals surface area contributed by atoms with E-state index in [1.165, 1.54) is 12.1 Å². The summed E-state index contributed by atoms with van der Waals surface area (Å²) < 4.78 is 18.6. The number of benzene rings is 1. The van der Waals surface area contributed by atoms with Crippen LogP contribution in [0.5, 0.6) is 0 Å². The van der Waals surface area contributed by atoms with Gasteiger partial charge < -0.3 is 10.5 Å². The molecule has 0 saturated carbocycles. The first-order valence-electron chi connectivity index (χ1n) is 5.44. The Kier molecular flexibility index (Phi) is 3.47. The molecule has 0 aliphatic carbocycles. The van der Waals surface area contributed by atoms with E-state index < -0.39 is 5.54 Å². The second kappa shape index (κ2) is 4.70. The molecule has 2 nitrogen and oxygen atoms in total. The quantitative estimate of drug-likeness (QED) is 0.823. The largest absolute Gasteiger partial charge is 0.381 e. The van der Waals surface area contributed by atoms with Crippen molar-refractivity contribution in [2.75, 3.05) is 13.2 Å². The summed E-state index contributed by atoms with van der Waals surface area (Å²) in [7, 11) is 0. The Hall–Kier alpha value is -0.640. The van der Waals surface area contributed by atoms with Crippen molar-refractivity contribution in [3.63, 3.8) is 0 Å². The van der Waals surface area contributed by atoms with Crippen molar-refractivity contribution in [2.45, 2.75) is 24.8 Å². The average Bonchev–Trinajstić information content (AvgIpc) is 2.48. The van der Waals surface area contributed by atoms with Gasteiger partial charge in [-0.25, -0.2) is 4.39 Å². The molecule has 1 aromatic carbocycles. The number of halogens is 2. The Morgan fingerprint density at radius 1 is 1.31 bits per heavy atom. The van der Waals surface area contributed by atoms with E-state index in [1.807, 2.05) is 0 Å². The molecule has 2 N–H and O–H groups in total. The minimum Gasteiger partial charge on any atom is -0.381 e. The fourth-order valence-corrected chi connectivity index (χ4v) is 2.43. The molecular formula is C12H15ClFNO. The Morgan fingerprint density at radius 3 is 2.94 bits per heavy atom. The smallest absolute Gasteiger partial charge is 0.123 e. The molecule has 16 heavy (non-hydrogen) atoms. The Bertz CT molecular complexity index is 375. The zero-order valence-corrected chi connectivity index (χ0v) is 9.77. The third kappa shape index (κ3) is 2.37. The van der Waals surface area contributed by atoms with Crippen LogP contribution in [-0.2, 0) is 10.3 Å². The molecule has 1 aromatic rings. The predicted octanol–water partition coefficient (Wildman–Crippen LogP) is 2.83. The summed E-state index contributed by atoms with van der Waals surface area (Å²) in [6.45, 7) is 1.31. The van der Waals surface area contributed by atoms with Gasteiger partial charge >= 0.3 is 0 Å². The van der Waals surface area contributed by atoms with Crippen molar-refractivity contribution < 1.29 is 9.13 Å². The molecule has 1 atom stereocenters. The lowest BCUT2D eigenvalue weighted by Crippen LogP contribution is -2.37. The van der Waals surface area contributed by atoms with Gasteiger partial charge in [0.1, 0.15) is 5.82 Å². The first-order chi connectivity index (χ1) is 7.62. The van der Waals surface area contributed by atoms with E-state index in [0.717, 1.165) is 12.8 Å². The highest BCUT2D eigenvalue weighted by molar-refractivity contribution is 6.31. The van der Waals surface area contributed by atoms with Crippen LogP contribution < -0.4 is 5.73 Å². The van der Waals surface area contributed by atoms with E-state index in [9.17, 15) is 4.39 Å². The zero-order chi connectivity index (χ0) is 11.6. The molecule has 1 unspecified atom stereocenters. The van der Waals surface area contributed by atoms with Crippen LogP contribution >= 0.6 is 11.6 Å². The summed E-state index contributed by atoms with van der Waals surface area (Å²) >= 11 is 6.09. The van der Waals surface area contributed by atoms with Gasteiger partial charge in [-0.05, 0) is 43.0 Å². The molecule has 1 fully saturated rings. The van der Waals surface area contributed by atoms with Crippen LogP contribution in [0.2, 0.25) is 5.02 Å². The van der Waals surface area contributed by atoms with Crippen LogP contribution in [0.3, 0.4) is 0 Å². The van der Waals surface area contributed by atoms with E-state index in [-0.39, 0.29) is 5.82 Å². The highest BCUT2D eigenvalue weighted by Gasteiger charge is 2.30. The molecule has 1 saturated heterocycles. The van der Waals surface area contributed by atoms with E-state index in [0.29, 0.717) is 30.2 Å². The summed E-state index contributed by atoms with van der Waals surface area (Å²) in [6, 6.07) is 4.35. The molecule has 1 heterocycles. The second-order valence-electron chi connectivity index (χ2n) is 4.25. The fraction of sp³-hybridized carbons (Fsp3) is 0.500. The SMILES string of the molecule is NC1(c2cc(F)ccc2Cl)CCCOCC1. The second-order valence-corrected chi connectivity index (χ2v) is 4.65. The number of rotatable bonds is 1. The van der Waals surface area contributed by atoms with Gasteiger partial charge in [0.15, 0.2) is 0 Å². The van der Waals surface area contributed by atoms with Gasteiger partial charge in [0.2, 0.25) is 0 Å². The monoisotopic (exact) mass is 243 g/mol. The van der Waals surface area contributed by atoms with Gasteiger partial charge in [0.05, 0.1) is 0 Å². The van der Waals surface area contributed by atoms with Gasteiger partial charge in [-0.2, -0.15) is 0 Å². The maximum atomic E-state index is 13.2. The van der Waals surface area contributed by atoms with Crippen molar-refractivity contribution in [3.8, 4) is 0 Å². The molecule has 2 rings (SSSR count). The third-order valence-electron chi connectivity index (χ3n) is 3.07. The minimum atomic E-state index is -0.560. The van der Waals surface area contributed by atoms with Crippen molar-refractivity contribution >= 4 is 11.6 Å². The van der Waals surface area contributed by atoms with Crippen LogP contribution in [0.15, 0.2) is 18.2 Å². The molecular weight excluding hydrogens is 229 g/mol. The van der Waals surface area contributed by atoms with Crippen LogP contribution in [0.1, 0.15) is 24.8 Å². The normalized spacial score (nSPS) is 26.4. The van der Waals surface area contributed by atoms with Crippen molar-refractivity contribution in [3.05, 3.63) is 34.6 Å². The number of nitrogens with two attached hydrogens (primary N) is 1. The number of hydrogen-bond donors (Lipinski definition) is 1. The zero-order valence-electron chi connectivity index (χ0n) is 9.01. The molecule has 4 heteroatoms. The summed E-state index contributed by atoms with van der Waals surface area (Å²) in [4.78, 5) is 0. The Balaban J connectivity index is 2.36. The first-order valence-corrected chi connectivity index (χ1v) is 5.82. The molecule has 0 spiro atoms. The topological polar surface area (TPSA) is 35.2 Å². The third-order valence-corrected chi connectivity index (χ3v) is 3.40. The van der Waals surface area contributed by atoms with E-state index in [2.05, 4.69) is 0 Å². The summed E-state index contributed by atoms with van der Waals surface area (Å²) in [5.74, 6) is -0.297. The number of hydrogen-bond acceptors (Lipinski definition) is 2. The van der Waals surface area contributed by atoms with Gasteiger partial charge in [-0.1, -0.05) is 11.6 Å². The predicted molar refractivity (Wildman–Crippen MR) is 61.9 cm³/mol. The highest BCUT2D eigenvalue weighted by Crippen LogP contribution is 2.34. The lowest BCUT2D eigenvalue weighted by Gasteiger charge is -2.29. The first kappa shape index (κ1) is 11.8. The number of ether oxygens (including phenoxy) is 1. The molecule has 0 bridgehead atoms. The maximum Gasteiger partial charge on any atom is 0.123 e. The highest BCUT2D eigenvalue weighted by atomic mass is 35.5. The van der Waals surface area contributed by atoms with Crippen LogP contribution in [0.25, 0.3) is 0 Å². The molecule has 0 radical (unpaired) electrons. The van der Waals surface area contributed by atoms with Gasteiger partial charge in [0.25, 0.3) is 0 Å². The van der Waals surface area contributed by atoms with Crippen LogP contribution in [0, 0.1) is 5.82 Å². The minimum absolute atomic E-state index is 0.297. The maximum absolute atomic E-state index is 13.2. The summed E-state index contributed by atoms with van der Waals surface area (Å²) in [5.41, 5.74) is 6.45. The van der Waals surface area contributed by atoms with Crippen LogP contribution in [0.4, 0.5) is 4.39 Å². The van der Waals surface area contributed by atoms with E-state index in [1.54, 1.807) is 6.07 Å².